The third-order valence-electron chi connectivity index (χ3n) is 15.1. The quantitative estimate of drug-likeness (QED) is 0.0385. The van der Waals surface area contributed by atoms with Crippen LogP contribution in [-0.2, 0) is 51.4 Å². The summed E-state index contributed by atoms with van der Waals surface area (Å²) in [5.41, 5.74) is 13.1. The van der Waals surface area contributed by atoms with Crippen LogP contribution in [0.15, 0.2) is 109 Å². The first kappa shape index (κ1) is 57.3. The number of fused-ring (bicyclic) bond motifs is 2. The summed E-state index contributed by atoms with van der Waals surface area (Å²) in [4.78, 5) is -0.860. The number of rotatable bonds is 34. The molecule has 2 aliphatic carbocycles. The second-order valence-corrected chi connectivity index (χ2v) is 24.9. The maximum absolute atomic E-state index is 7.98. The topological polar surface area (TPSA) is 36.9 Å². The van der Waals surface area contributed by atoms with Gasteiger partial charge in [0.25, 0.3) is 0 Å². The van der Waals surface area contributed by atoms with Crippen LogP contribution >= 0.6 is 16.8 Å². The van der Waals surface area contributed by atoms with Crippen molar-refractivity contribution in [2.75, 3.05) is 0 Å². The molecule has 5 aromatic rings. The minimum absolute atomic E-state index is 0.646. The smallest absolute Gasteiger partial charge is 0.314 e. The molecule has 4 nitrogen and oxygen atoms in total. The van der Waals surface area contributed by atoms with Crippen molar-refractivity contribution in [2.24, 2.45) is 0 Å². The third kappa shape index (κ3) is 14.6. The van der Waals surface area contributed by atoms with Crippen molar-refractivity contribution in [3.8, 4) is 23.0 Å². The van der Waals surface area contributed by atoms with E-state index in [0.717, 1.165) is 126 Å². The number of hydrogen-bond acceptors (Lipinski definition) is 4. The van der Waals surface area contributed by atoms with E-state index in [1.54, 1.807) is 0 Å². The third-order valence-corrected chi connectivity index (χ3v) is 19.6. The van der Waals surface area contributed by atoms with Crippen molar-refractivity contribution >= 4 is 27.9 Å². The molecular formula is C68H92O4P2. The molecule has 74 heavy (non-hydrogen) atoms. The Balaban J connectivity index is 1.53. The molecule has 0 heterocycles. The predicted molar refractivity (Wildman–Crippen MR) is 320 cm³/mol. The second kappa shape index (κ2) is 29.8. The molecule has 5 aromatic carbocycles. The second-order valence-electron chi connectivity index (χ2n) is 21.2. The molecule has 0 saturated heterocycles. The van der Waals surface area contributed by atoms with Gasteiger partial charge in [-0.2, -0.15) is 0 Å². The van der Waals surface area contributed by atoms with Gasteiger partial charge >= 0.3 is 16.8 Å². The molecule has 0 aromatic heterocycles. The van der Waals surface area contributed by atoms with Crippen LogP contribution in [0.2, 0.25) is 0 Å². The van der Waals surface area contributed by atoms with E-state index in [9.17, 15) is 0 Å². The molecule has 6 heteroatoms. The van der Waals surface area contributed by atoms with E-state index < -0.39 is 21.6 Å². The van der Waals surface area contributed by atoms with E-state index in [2.05, 4.69) is 165 Å². The van der Waals surface area contributed by atoms with Crippen molar-refractivity contribution in [1.29, 1.82) is 0 Å². The summed E-state index contributed by atoms with van der Waals surface area (Å²) in [6.07, 6.45) is 31.6. The van der Waals surface area contributed by atoms with E-state index >= 15 is 0 Å². The highest BCUT2D eigenvalue weighted by Crippen LogP contribution is 2.75. The normalized spacial score (nSPS) is 13.5. The van der Waals surface area contributed by atoms with Crippen LogP contribution in [0.3, 0.4) is 0 Å². The first-order valence-electron chi connectivity index (χ1n) is 29.6. The first-order chi connectivity index (χ1) is 36.3. The number of hydrogen-bond donors (Lipinski definition) is 0. The van der Waals surface area contributed by atoms with Gasteiger partial charge in [0.1, 0.15) is 23.0 Å². The first-order valence-corrected chi connectivity index (χ1v) is 32.0. The van der Waals surface area contributed by atoms with Gasteiger partial charge in [0.15, 0.2) is 4.90 Å². The molecule has 0 unspecified atom stereocenters. The molecule has 0 radical (unpaired) electrons. The Bertz CT molecular complexity index is 2430. The molecule has 0 fully saturated rings. The highest BCUT2D eigenvalue weighted by atomic mass is 31.2. The van der Waals surface area contributed by atoms with E-state index in [0.29, 0.717) is 6.42 Å². The van der Waals surface area contributed by atoms with Crippen molar-refractivity contribution in [3.63, 3.8) is 0 Å². The monoisotopic (exact) mass is 1030 g/mol. The fourth-order valence-corrected chi connectivity index (χ4v) is 15.1. The maximum Gasteiger partial charge on any atom is 0.314 e. The Morgan fingerprint density at radius 1 is 0.365 bits per heavy atom. The summed E-state index contributed by atoms with van der Waals surface area (Å²) in [6, 6.07) is 37.1. The van der Waals surface area contributed by atoms with Gasteiger partial charge in [0.05, 0.1) is 0 Å². The molecule has 0 saturated carbocycles. The van der Waals surface area contributed by atoms with Gasteiger partial charge in [-0.25, -0.2) is 0 Å². The Labute approximate surface area is 451 Å². The molecule has 0 spiro atoms. The van der Waals surface area contributed by atoms with Gasteiger partial charge in [0, 0.05) is 0 Å². The van der Waals surface area contributed by atoms with E-state index in [4.69, 9.17) is 18.1 Å². The standard InChI is InChI=1S/C68H92O4P2/c1-9-17-28-52-39-43-63(56(48-52)32-21-13-5)69-73(70-64-44-40-53(29-18-10-2)49-57(64)33-22-14-6)68(47-27-38-62-60-36-25-26-37-61(60)67(62)68)74(71-65-45-41-54(30-19-11-3)50-58(65)34-23-15-7)72-66-46-42-55(31-20-12-4)51-59(66)35-24-16-8/h25-27,36-46,48-51H,9-24,28-35,47H2,1-8H3. The van der Waals surface area contributed by atoms with Crippen LogP contribution in [0, 0.1) is 0 Å². The van der Waals surface area contributed by atoms with Crippen LogP contribution in [0.5, 0.6) is 23.0 Å². The molecule has 0 amide bonds. The highest BCUT2D eigenvalue weighted by Gasteiger charge is 2.61. The molecule has 0 bridgehead atoms. The lowest BCUT2D eigenvalue weighted by molar-refractivity contribution is 0.436. The largest absolute Gasteiger partial charge is 0.437 e. The molecule has 398 valence electrons. The summed E-state index contributed by atoms with van der Waals surface area (Å²) >= 11 is 0. The van der Waals surface area contributed by atoms with Gasteiger partial charge in [0.2, 0.25) is 0 Å². The summed E-state index contributed by atoms with van der Waals surface area (Å²) in [5.74, 6) is 3.69. The molecule has 7 rings (SSSR count). The van der Waals surface area contributed by atoms with Crippen molar-refractivity contribution in [2.45, 2.75) is 221 Å². The van der Waals surface area contributed by atoms with Gasteiger partial charge < -0.3 is 18.1 Å². The zero-order chi connectivity index (χ0) is 52.1. The molecule has 0 N–H and O–H groups in total. The number of aryl methyl sites for hydroxylation is 8. The Morgan fingerprint density at radius 3 is 0.973 bits per heavy atom. The van der Waals surface area contributed by atoms with Gasteiger partial charge in [-0.15, -0.1) is 0 Å². The van der Waals surface area contributed by atoms with E-state index in [-0.39, 0.29) is 0 Å². The average Bonchev–Trinajstić information content (AvgIpc) is 3.42. The van der Waals surface area contributed by atoms with E-state index in [1.807, 2.05) is 0 Å². The van der Waals surface area contributed by atoms with Crippen molar-refractivity contribution in [3.05, 3.63) is 164 Å². The Morgan fingerprint density at radius 2 is 0.662 bits per heavy atom. The van der Waals surface area contributed by atoms with Crippen LogP contribution in [-0.4, -0.2) is 4.90 Å². The summed E-state index contributed by atoms with van der Waals surface area (Å²) in [6.45, 7) is 18.3. The zero-order valence-electron chi connectivity index (χ0n) is 47.1. The van der Waals surface area contributed by atoms with E-state index in [1.165, 1.54) is 117 Å². The van der Waals surface area contributed by atoms with Gasteiger partial charge in [-0.05, 0) is 200 Å². The molecular weight excluding hydrogens is 943 g/mol. The highest BCUT2D eigenvalue weighted by molar-refractivity contribution is 7.70. The number of unbranched alkanes of at least 4 members (excludes halogenated alkanes) is 8. The zero-order valence-corrected chi connectivity index (χ0v) is 48.9. The Kier molecular flexibility index (Phi) is 23.1. The molecule has 0 aliphatic heterocycles. The summed E-state index contributed by atoms with van der Waals surface area (Å²) in [5, 5.41) is 2.52. The number of benzene rings is 5. The minimum atomic E-state index is -1.89. The lowest BCUT2D eigenvalue weighted by Crippen LogP contribution is -2.49. The van der Waals surface area contributed by atoms with Gasteiger partial charge in [-0.1, -0.05) is 192 Å². The lowest BCUT2D eigenvalue weighted by atomic mass is 9.83. The van der Waals surface area contributed by atoms with Crippen LogP contribution < -0.4 is 28.5 Å². The maximum atomic E-state index is 7.98. The Hall–Kier alpha value is -4.36. The molecule has 2 aliphatic rings. The van der Waals surface area contributed by atoms with Crippen LogP contribution in [0.1, 0.15) is 209 Å². The van der Waals surface area contributed by atoms with Crippen LogP contribution in [0.25, 0.3) is 11.1 Å². The summed E-state index contributed by atoms with van der Waals surface area (Å²) in [7, 11) is -3.78. The van der Waals surface area contributed by atoms with Crippen molar-refractivity contribution < 1.29 is 18.1 Å². The SMILES string of the molecule is CCCCc1ccc(OP(Oc2ccc(CCCC)cc2CCCC)C2(P(Oc3ccc(CCCC)cc3CCCC)Oc3ccc(CCCC)cc3CCCC)CC=CC3=c4ccccc4=C32)c(CCCC)c1. The van der Waals surface area contributed by atoms with Gasteiger partial charge in [-0.3, -0.25) is 0 Å². The summed E-state index contributed by atoms with van der Waals surface area (Å²) < 4.78 is 31.9. The fraction of sp³-hybridized carbons (Fsp3) is 0.500. The average molecular weight is 1040 g/mol. The number of allylic oxidation sites excluding steroid dienone is 2. The lowest BCUT2D eigenvalue weighted by Gasteiger charge is -2.46. The minimum Gasteiger partial charge on any atom is -0.437 e. The fourth-order valence-electron chi connectivity index (χ4n) is 10.6. The van der Waals surface area contributed by atoms with Crippen molar-refractivity contribution in [1.82, 2.24) is 0 Å². The van der Waals surface area contributed by atoms with Crippen LogP contribution in [0.4, 0.5) is 0 Å². The molecule has 0 atom stereocenters. The predicted octanol–water partition coefficient (Wildman–Crippen LogP) is 19.3.